The summed E-state index contributed by atoms with van der Waals surface area (Å²) < 4.78 is 16.0. The van der Waals surface area contributed by atoms with Gasteiger partial charge >= 0.3 is 6.08 Å². The van der Waals surface area contributed by atoms with Crippen LogP contribution in [0.3, 0.4) is 0 Å². The molecular weight excluding hydrogens is 218 g/mol. The lowest BCUT2D eigenvalue weighted by Crippen LogP contribution is -2.22. The van der Waals surface area contributed by atoms with Gasteiger partial charge in [-0.1, -0.05) is 6.07 Å². The van der Waals surface area contributed by atoms with Crippen molar-refractivity contribution < 1.29 is 14.2 Å². The van der Waals surface area contributed by atoms with Crippen LogP contribution in [0.5, 0.6) is 5.75 Å². The number of benzene rings is 1. The molecule has 0 bridgehead atoms. The van der Waals surface area contributed by atoms with E-state index in [0.29, 0.717) is 19.2 Å². The zero-order chi connectivity index (χ0) is 12.3. The van der Waals surface area contributed by atoms with Crippen molar-refractivity contribution in [1.29, 1.82) is 0 Å². The molecule has 1 heterocycles. The molecule has 1 aliphatic heterocycles. The van der Waals surface area contributed by atoms with Gasteiger partial charge in [-0.25, -0.2) is 4.99 Å². The Balaban J connectivity index is 1.86. The van der Waals surface area contributed by atoms with Crippen LogP contribution in [-0.2, 0) is 9.47 Å². The van der Waals surface area contributed by atoms with Crippen LogP contribution < -0.4 is 4.74 Å². The summed E-state index contributed by atoms with van der Waals surface area (Å²) >= 11 is 0. The summed E-state index contributed by atoms with van der Waals surface area (Å²) in [7, 11) is 1.55. The topological polar surface area (TPSA) is 40.0 Å². The molecule has 1 atom stereocenters. The second-order valence-electron chi connectivity index (χ2n) is 4.18. The van der Waals surface area contributed by atoms with E-state index in [4.69, 9.17) is 14.2 Å². The van der Waals surface area contributed by atoms with Gasteiger partial charge in [-0.15, -0.1) is 0 Å². The number of ether oxygens (including phenoxy) is 3. The van der Waals surface area contributed by atoms with Gasteiger partial charge in [-0.05, 0) is 37.1 Å². The number of methoxy groups -OCH3 is 1. The van der Waals surface area contributed by atoms with E-state index in [1.807, 2.05) is 12.1 Å². The van der Waals surface area contributed by atoms with Crippen molar-refractivity contribution in [3.8, 4) is 5.75 Å². The van der Waals surface area contributed by atoms with E-state index < -0.39 is 0 Å². The van der Waals surface area contributed by atoms with Crippen LogP contribution in [0.2, 0.25) is 0 Å². The SMILES string of the molecule is COC1=NCC(COc2cc(C)cc(C)c2)O1. The van der Waals surface area contributed by atoms with E-state index in [0.717, 1.165) is 5.75 Å². The summed E-state index contributed by atoms with van der Waals surface area (Å²) in [5, 5.41) is 0. The Morgan fingerprint density at radius 1 is 1.29 bits per heavy atom. The molecule has 0 saturated carbocycles. The van der Waals surface area contributed by atoms with Gasteiger partial charge in [-0.3, -0.25) is 0 Å². The van der Waals surface area contributed by atoms with Crippen molar-refractivity contribution in [2.75, 3.05) is 20.3 Å². The summed E-state index contributed by atoms with van der Waals surface area (Å²) in [5.41, 5.74) is 2.39. The highest BCUT2D eigenvalue weighted by Crippen LogP contribution is 2.17. The molecule has 0 saturated heterocycles. The molecule has 1 aromatic carbocycles. The number of hydrogen-bond donors (Lipinski definition) is 0. The quantitative estimate of drug-likeness (QED) is 0.805. The molecule has 1 aromatic rings. The molecule has 0 amide bonds. The number of nitrogens with zero attached hydrogens (tertiary/aromatic N) is 1. The van der Waals surface area contributed by atoms with Crippen LogP contribution in [0.4, 0.5) is 0 Å². The number of hydrogen-bond acceptors (Lipinski definition) is 4. The van der Waals surface area contributed by atoms with Crippen LogP contribution >= 0.6 is 0 Å². The largest absolute Gasteiger partial charge is 0.490 e. The van der Waals surface area contributed by atoms with E-state index in [9.17, 15) is 0 Å². The Hall–Kier alpha value is -1.71. The van der Waals surface area contributed by atoms with Crippen molar-refractivity contribution in [1.82, 2.24) is 0 Å². The van der Waals surface area contributed by atoms with Crippen LogP contribution in [0.1, 0.15) is 11.1 Å². The van der Waals surface area contributed by atoms with E-state index in [2.05, 4.69) is 24.9 Å². The minimum Gasteiger partial charge on any atom is -0.490 e. The van der Waals surface area contributed by atoms with Gasteiger partial charge in [-0.2, -0.15) is 0 Å². The highest BCUT2D eigenvalue weighted by Gasteiger charge is 2.20. The molecular formula is C13H17NO3. The fraction of sp³-hybridized carbons (Fsp3) is 0.462. The van der Waals surface area contributed by atoms with Crippen molar-refractivity contribution in [3.63, 3.8) is 0 Å². The molecule has 0 radical (unpaired) electrons. The number of rotatable bonds is 3. The van der Waals surface area contributed by atoms with Crippen LogP contribution in [-0.4, -0.2) is 32.4 Å². The summed E-state index contributed by atoms with van der Waals surface area (Å²) in [5.74, 6) is 0.872. The molecule has 4 nitrogen and oxygen atoms in total. The Morgan fingerprint density at radius 3 is 2.59 bits per heavy atom. The summed E-state index contributed by atoms with van der Waals surface area (Å²) in [6, 6.07) is 6.14. The predicted molar refractivity (Wildman–Crippen MR) is 65.6 cm³/mol. The normalized spacial score (nSPS) is 18.5. The van der Waals surface area contributed by atoms with Crippen LogP contribution in [0, 0.1) is 13.8 Å². The third-order valence-corrected chi connectivity index (χ3v) is 2.50. The minimum atomic E-state index is -0.0502. The maximum absolute atomic E-state index is 5.69. The van der Waals surface area contributed by atoms with Gasteiger partial charge < -0.3 is 14.2 Å². The van der Waals surface area contributed by atoms with E-state index >= 15 is 0 Å². The first-order chi connectivity index (χ1) is 8.17. The molecule has 0 aromatic heterocycles. The number of aliphatic imine (C=N–C) groups is 1. The highest BCUT2D eigenvalue weighted by atomic mass is 16.7. The summed E-state index contributed by atoms with van der Waals surface area (Å²) in [4.78, 5) is 4.08. The van der Waals surface area contributed by atoms with E-state index in [-0.39, 0.29) is 6.10 Å². The molecule has 0 spiro atoms. The van der Waals surface area contributed by atoms with E-state index in [1.54, 1.807) is 7.11 Å². The highest BCUT2D eigenvalue weighted by molar-refractivity contribution is 5.68. The first-order valence-corrected chi connectivity index (χ1v) is 5.63. The molecule has 2 rings (SSSR count). The van der Waals surface area contributed by atoms with Crippen molar-refractivity contribution in [2.24, 2.45) is 4.99 Å². The average molecular weight is 235 g/mol. The van der Waals surface area contributed by atoms with Gasteiger partial charge in [0.1, 0.15) is 12.4 Å². The number of aryl methyl sites for hydroxylation is 2. The van der Waals surface area contributed by atoms with Gasteiger partial charge in [0, 0.05) is 0 Å². The second kappa shape index (κ2) is 5.08. The van der Waals surface area contributed by atoms with Crippen LogP contribution in [0.15, 0.2) is 23.2 Å². The maximum atomic E-state index is 5.69. The molecule has 0 aliphatic carbocycles. The third-order valence-electron chi connectivity index (χ3n) is 2.50. The predicted octanol–water partition coefficient (Wildman–Crippen LogP) is 2.08. The van der Waals surface area contributed by atoms with Crippen molar-refractivity contribution >= 4 is 6.08 Å². The Bertz CT molecular complexity index is 408. The van der Waals surface area contributed by atoms with Crippen LogP contribution in [0.25, 0.3) is 0 Å². The lowest BCUT2D eigenvalue weighted by atomic mass is 10.1. The fourth-order valence-corrected chi connectivity index (χ4v) is 1.80. The van der Waals surface area contributed by atoms with Crippen molar-refractivity contribution in [3.05, 3.63) is 29.3 Å². The first kappa shape index (κ1) is 11.8. The van der Waals surface area contributed by atoms with Crippen molar-refractivity contribution in [2.45, 2.75) is 20.0 Å². The second-order valence-corrected chi connectivity index (χ2v) is 4.18. The minimum absolute atomic E-state index is 0.0502. The standard InChI is InChI=1S/C13H17NO3/c1-9-4-10(2)6-11(5-9)16-8-12-7-14-13(15-3)17-12/h4-6,12H,7-8H2,1-3H3. The third kappa shape index (κ3) is 3.12. The zero-order valence-electron chi connectivity index (χ0n) is 10.4. The summed E-state index contributed by atoms with van der Waals surface area (Å²) in [6.07, 6.45) is 0.296. The molecule has 17 heavy (non-hydrogen) atoms. The molecule has 4 heteroatoms. The summed E-state index contributed by atoms with van der Waals surface area (Å²) in [6.45, 7) is 5.18. The Morgan fingerprint density at radius 2 is 2.00 bits per heavy atom. The van der Waals surface area contributed by atoms with E-state index in [1.165, 1.54) is 11.1 Å². The van der Waals surface area contributed by atoms with Gasteiger partial charge in [0.05, 0.1) is 13.7 Å². The Kier molecular flexibility index (Phi) is 3.52. The molecule has 0 N–H and O–H groups in total. The fourth-order valence-electron chi connectivity index (χ4n) is 1.80. The van der Waals surface area contributed by atoms with Gasteiger partial charge in [0.25, 0.3) is 0 Å². The molecule has 1 unspecified atom stereocenters. The monoisotopic (exact) mass is 235 g/mol. The molecule has 1 aliphatic rings. The lowest BCUT2D eigenvalue weighted by Gasteiger charge is -2.12. The van der Waals surface area contributed by atoms with Gasteiger partial charge in [0.15, 0.2) is 6.10 Å². The molecule has 92 valence electrons. The first-order valence-electron chi connectivity index (χ1n) is 5.63. The zero-order valence-corrected chi connectivity index (χ0v) is 10.4. The molecule has 0 fully saturated rings. The average Bonchev–Trinajstić information content (AvgIpc) is 2.73. The van der Waals surface area contributed by atoms with Gasteiger partial charge in [0.2, 0.25) is 0 Å². The lowest BCUT2D eigenvalue weighted by molar-refractivity contribution is 0.109. The maximum Gasteiger partial charge on any atom is 0.383 e. The Labute approximate surface area is 101 Å². The smallest absolute Gasteiger partial charge is 0.383 e.